The molecule has 7 nitrogen and oxygen atoms in total. The zero-order chi connectivity index (χ0) is 21.1. The van der Waals surface area contributed by atoms with Crippen LogP contribution in [-0.2, 0) is 18.3 Å². The highest BCUT2D eigenvalue weighted by molar-refractivity contribution is 5.87. The summed E-state index contributed by atoms with van der Waals surface area (Å²) in [6.07, 6.45) is 1.98. The molecule has 1 aromatic heterocycles. The summed E-state index contributed by atoms with van der Waals surface area (Å²) in [4.78, 5) is 16.5. The molecule has 0 radical (unpaired) electrons. The fourth-order valence-electron chi connectivity index (χ4n) is 5.57. The first-order chi connectivity index (χ1) is 14.3. The number of ether oxygens (including phenoxy) is 1. The first kappa shape index (κ1) is 19.1. The summed E-state index contributed by atoms with van der Waals surface area (Å²) < 4.78 is 5.47. The number of nitro groups is 1. The molecule has 2 atom stereocenters. The van der Waals surface area contributed by atoms with Gasteiger partial charge >= 0.3 is 0 Å². The second-order valence-corrected chi connectivity index (χ2v) is 8.76. The molecule has 0 bridgehead atoms. The smallest absolute Gasteiger partial charge is 0.271 e. The van der Waals surface area contributed by atoms with Crippen LogP contribution in [0.5, 0.6) is 5.75 Å². The highest BCUT2D eigenvalue weighted by atomic mass is 16.6. The van der Waals surface area contributed by atoms with Crippen LogP contribution in [-0.4, -0.2) is 52.8 Å². The van der Waals surface area contributed by atoms with Gasteiger partial charge in [0.2, 0.25) is 0 Å². The van der Waals surface area contributed by atoms with Gasteiger partial charge in [-0.2, -0.15) is 0 Å². The number of hydrogen-bond donors (Lipinski definition) is 2. The summed E-state index contributed by atoms with van der Waals surface area (Å²) in [6, 6.07) is 12.9. The summed E-state index contributed by atoms with van der Waals surface area (Å²) in [7, 11) is 3.70. The van der Waals surface area contributed by atoms with Crippen molar-refractivity contribution in [3.63, 3.8) is 0 Å². The van der Waals surface area contributed by atoms with Crippen molar-refractivity contribution >= 4 is 16.6 Å². The van der Waals surface area contributed by atoms with Crippen LogP contribution in [0.3, 0.4) is 0 Å². The SMILES string of the molecule is COc1cccc(C23CCN(C)CC2(O)Cc2c([nH]c4cc([N+](=O)[O-])ccc24)C3)c1. The van der Waals surface area contributed by atoms with Gasteiger partial charge in [-0.25, -0.2) is 0 Å². The molecule has 3 aromatic rings. The minimum Gasteiger partial charge on any atom is -0.497 e. The summed E-state index contributed by atoms with van der Waals surface area (Å²) in [5.74, 6) is 0.779. The van der Waals surface area contributed by atoms with Crippen LogP contribution in [0.2, 0.25) is 0 Å². The Morgan fingerprint density at radius 3 is 2.83 bits per heavy atom. The van der Waals surface area contributed by atoms with Crippen LogP contribution >= 0.6 is 0 Å². The molecule has 30 heavy (non-hydrogen) atoms. The lowest BCUT2D eigenvalue weighted by atomic mass is 9.56. The highest BCUT2D eigenvalue weighted by Gasteiger charge is 2.57. The predicted octanol–water partition coefficient (Wildman–Crippen LogP) is 3.19. The van der Waals surface area contributed by atoms with Gasteiger partial charge in [-0.05, 0) is 49.3 Å². The number of nitro benzene ring substituents is 1. The van der Waals surface area contributed by atoms with Crippen molar-refractivity contribution in [1.29, 1.82) is 0 Å². The van der Waals surface area contributed by atoms with E-state index in [1.807, 2.05) is 25.2 Å². The van der Waals surface area contributed by atoms with E-state index in [9.17, 15) is 15.2 Å². The van der Waals surface area contributed by atoms with Crippen molar-refractivity contribution in [3.05, 3.63) is 69.4 Å². The van der Waals surface area contributed by atoms with Gasteiger partial charge in [0.25, 0.3) is 5.69 Å². The fraction of sp³-hybridized carbons (Fsp3) is 0.391. The van der Waals surface area contributed by atoms with Crippen LogP contribution in [0.15, 0.2) is 42.5 Å². The van der Waals surface area contributed by atoms with Crippen molar-refractivity contribution in [2.75, 3.05) is 27.2 Å². The van der Waals surface area contributed by atoms with E-state index in [2.05, 4.69) is 16.0 Å². The number of aromatic amines is 1. The Kier molecular flexibility index (Phi) is 4.17. The van der Waals surface area contributed by atoms with E-state index in [0.717, 1.165) is 46.4 Å². The number of β-amino-alcohol motifs (C(OH)–C–C–N with tert-alkyl or cyclic N) is 1. The quantitative estimate of drug-likeness (QED) is 0.514. The Bertz CT molecular complexity index is 1160. The van der Waals surface area contributed by atoms with Gasteiger partial charge in [-0.3, -0.25) is 10.1 Å². The molecular formula is C23H25N3O4. The molecule has 1 aliphatic carbocycles. The molecule has 1 fully saturated rings. The molecule has 7 heteroatoms. The van der Waals surface area contributed by atoms with E-state index in [-0.39, 0.29) is 10.6 Å². The van der Waals surface area contributed by atoms with Crippen molar-refractivity contribution in [1.82, 2.24) is 9.88 Å². The Labute approximate surface area is 174 Å². The van der Waals surface area contributed by atoms with E-state index >= 15 is 0 Å². The van der Waals surface area contributed by atoms with Gasteiger partial charge in [0.05, 0.1) is 23.2 Å². The Morgan fingerprint density at radius 1 is 1.23 bits per heavy atom. The van der Waals surface area contributed by atoms with Crippen molar-refractivity contribution in [2.24, 2.45) is 0 Å². The molecule has 0 amide bonds. The third-order valence-corrected chi connectivity index (χ3v) is 7.10. The highest BCUT2D eigenvalue weighted by Crippen LogP contribution is 2.51. The van der Waals surface area contributed by atoms with Crippen LogP contribution < -0.4 is 4.74 Å². The number of methoxy groups -OCH3 is 1. The summed E-state index contributed by atoms with van der Waals surface area (Å²) >= 11 is 0. The molecule has 1 aliphatic heterocycles. The third-order valence-electron chi connectivity index (χ3n) is 7.10. The number of benzene rings is 2. The van der Waals surface area contributed by atoms with Crippen molar-refractivity contribution in [2.45, 2.75) is 30.3 Å². The lowest BCUT2D eigenvalue weighted by Crippen LogP contribution is -2.65. The molecule has 0 spiro atoms. The minimum absolute atomic E-state index is 0.0690. The number of nitrogens with one attached hydrogen (secondary N) is 1. The number of nitrogens with zero attached hydrogens (tertiary/aromatic N) is 2. The standard InChI is InChI=1S/C23H25N3O4/c1-25-9-8-22(15-4-3-5-17(10-15)30-2)13-21-19(12-23(22,27)14-25)18-7-6-16(26(28)29)11-20(18)24-21/h3-7,10-11,24,27H,8-9,12-14H2,1-2H3. The van der Waals surface area contributed by atoms with Gasteiger partial charge in [-0.1, -0.05) is 12.1 Å². The predicted molar refractivity (Wildman–Crippen MR) is 114 cm³/mol. The number of likely N-dealkylation sites (N-methyl/N-ethyl adjacent to an activating group) is 1. The van der Waals surface area contributed by atoms with Crippen molar-refractivity contribution in [3.8, 4) is 5.75 Å². The molecule has 5 rings (SSSR count). The molecule has 2 heterocycles. The Morgan fingerprint density at radius 2 is 2.07 bits per heavy atom. The number of H-pyrrole nitrogens is 1. The molecule has 156 valence electrons. The Hall–Kier alpha value is -2.90. The average molecular weight is 407 g/mol. The maximum absolute atomic E-state index is 12.1. The average Bonchev–Trinajstić information content (AvgIpc) is 3.07. The molecule has 2 aliphatic rings. The van der Waals surface area contributed by atoms with Gasteiger partial charge in [0.1, 0.15) is 5.75 Å². The normalized spacial score (nSPS) is 26.2. The van der Waals surface area contributed by atoms with Gasteiger partial charge in [0.15, 0.2) is 0 Å². The van der Waals surface area contributed by atoms with Crippen LogP contribution in [0.4, 0.5) is 5.69 Å². The van der Waals surface area contributed by atoms with Crippen LogP contribution in [0.1, 0.15) is 23.2 Å². The fourth-order valence-corrected chi connectivity index (χ4v) is 5.57. The first-order valence-corrected chi connectivity index (χ1v) is 10.2. The van der Waals surface area contributed by atoms with E-state index in [1.165, 1.54) is 6.07 Å². The second-order valence-electron chi connectivity index (χ2n) is 8.76. The third kappa shape index (κ3) is 2.66. The minimum atomic E-state index is -0.948. The number of hydrogen-bond acceptors (Lipinski definition) is 5. The van der Waals surface area contributed by atoms with E-state index in [1.54, 1.807) is 19.2 Å². The maximum atomic E-state index is 12.1. The Balaban J connectivity index is 1.69. The number of rotatable bonds is 3. The number of fused-ring (bicyclic) bond motifs is 4. The summed E-state index contributed by atoms with van der Waals surface area (Å²) in [6.45, 7) is 1.46. The molecular weight excluding hydrogens is 382 g/mol. The number of likely N-dealkylation sites (tertiary alicyclic amines) is 1. The lowest BCUT2D eigenvalue weighted by Gasteiger charge is -2.56. The zero-order valence-corrected chi connectivity index (χ0v) is 17.1. The maximum Gasteiger partial charge on any atom is 0.271 e. The van der Waals surface area contributed by atoms with Gasteiger partial charge in [-0.15, -0.1) is 0 Å². The molecule has 0 saturated carbocycles. The van der Waals surface area contributed by atoms with E-state index in [4.69, 9.17) is 4.74 Å². The monoisotopic (exact) mass is 407 g/mol. The number of non-ortho nitro benzene ring substituents is 1. The molecule has 2 N–H and O–H groups in total. The van der Waals surface area contributed by atoms with Gasteiger partial charge in [0, 0.05) is 48.0 Å². The second kappa shape index (κ2) is 6.55. The largest absolute Gasteiger partial charge is 0.497 e. The van der Waals surface area contributed by atoms with E-state index in [0.29, 0.717) is 19.4 Å². The first-order valence-electron chi connectivity index (χ1n) is 10.2. The zero-order valence-electron chi connectivity index (χ0n) is 17.1. The number of aliphatic hydroxyl groups is 1. The lowest BCUT2D eigenvalue weighted by molar-refractivity contribution is -0.384. The van der Waals surface area contributed by atoms with Crippen LogP contribution in [0.25, 0.3) is 10.9 Å². The van der Waals surface area contributed by atoms with Gasteiger partial charge < -0.3 is 19.7 Å². The summed E-state index contributed by atoms with van der Waals surface area (Å²) in [5.41, 5.74) is 2.63. The number of aromatic nitrogens is 1. The molecule has 1 saturated heterocycles. The number of piperidine rings is 1. The topological polar surface area (TPSA) is 91.6 Å². The van der Waals surface area contributed by atoms with Crippen molar-refractivity contribution < 1.29 is 14.8 Å². The summed E-state index contributed by atoms with van der Waals surface area (Å²) in [5, 5.41) is 24.3. The molecule has 2 aromatic carbocycles. The molecule has 2 unspecified atom stereocenters. The van der Waals surface area contributed by atoms with Crippen LogP contribution in [0, 0.1) is 10.1 Å². The van der Waals surface area contributed by atoms with E-state index < -0.39 is 11.0 Å².